The molecule has 0 amide bonds. The molecule has 1 N–H and O–H groups in total. The van der Waals surface area contributed by atoms with Crippen molar-refractivity contribution in [2.75, 3.05) is 45.9 Å². The highest BCUT2D eigenvalue weighted by atomic mass is 16.5. The number of fused-ring (bicyclic) bond motifs is 1. The average Bonchev–Trinajstić information content (AvgIpc) is 2.82. The van der Waals surface area contributed by atoms with Crippen LogP contribution in [0.1, 0.15) is 25.7 Å². The van der Waals surface area contributed by atoms with Crippen LogP contribution >= 0.6 is 0 Å². The number of piperidine rings is 2. The molecule has 2 aliphatic heterocycles. The summed E-state index contributed by atoms with van der Waals surface area (Å²) in [5.41, 5.74) is 0. The Hall–Kier alpha value is -0.120. The van der Waals surface area contributed by atoms with Gasteiger partial charge in [0.15, 0.2) is 0 Å². The Kier molecular flexibility index (Phi) is 3.99. The largest absolute Gasteiger partial charge is 0.381 e. The van der Waals surface area contributed by atoms with Gasteiger partial charge in [0.05, 0.1) is 6.61 Å². The van der Waals surface area contributed by atoms with E-state index in [2.05, 4.69) is 10.2 Å². The quantitative estimate of drug-likeness (QED) is 0.707. The predicted octanol–water partition coefficient (Wildman–Crippen LogP) is 1.34. The van der Waals surface area contributed by atoms with Gasteiger partial charge in [-0.15, -0.1) is 0 Å². The summed E-state index contributed by atoms with van der Waals surface area (Å²) in [6, 6.07) is 0. The molecule has 0 radical (unpaired) electrons. The summed E-state index contributed by atoms with van der Waals surface area (Å²) in [5, 5.41) is 3.43. The van der Waals surface area contributed by atoms with Gasteiger partial charge in [0, 0.05) is 13.2 Å². The highest BCUT2D eigenvalue weighted by Crippen LogP contribution is 2.48. The van der Waals surface area contributed by atoms with Crippen LogP contribution in [0.15, 0.2) is 0 Å². The van der Waals surface area contributed by atoms with E-state index < -0.39 is 0 Å². The fraction of sp³-hybridized carbons (Fsp3) is 1.00. The summed E-state index contributed by atoms with van der Waals surface area (Å²) in [5.74, 6) is 2.81. The highest BCUT2D eigenvalue weighted by molar-refractivity contribution is 5.03. The molecule has 3 fully saturated rings. The molecule has 2 heterocycles. The first-order chi connectivity index (χ1) is 8.45. The minimum Gasteiger partial charge on any atom is -0.381 e. The summed E-state index contributed by atoms with van der Waals surface area (Å²) >= 11 is 0. The van der Waals surface area contributed by atoms with E-state index in [0.717, 1.165) is 31.0 Å². The molecule has 3 atom stereocenters. The Morgan fingerprint density at radius 3 is 2.59 bits per heavy atom. The molecule has 1 aliphatic carbocycles. The Balaban J connectivity index is 1.19. The molecule has 0 spiro atoms. The molecule has 0 aromatic heterocycles. The smallest absolute Gasteiger partial charge is 0.0500 e. The van der Waals surface area contributed by atoms with E-state index in [1.165, 1.54) is 58.4 Å². The molecule has 1 unspecified atom stereocenters. The van der Waals surface area contributed by atoms with Crippen LogP contribution in [0.25, 0.3) is 0 Å². The summed E-state index contributed by atoms with van der Waals surface area (Å²) < 4.78 is 5.83. The molecule has 3 nitrogen and oxygen atoms in total. The van der Waals surface area contributed by atoms with Crippen molar-refractivity contribution in [1.82, 2.24) is 10.2 Å². The van der Waals surface area contributed by atoms with E-state index in [0.29, 0.717) is 0 Å². The molecule has 3 aliphatic rings. The summed E-state index contributed by atoms with van der Waals surface area (Å²) in [6.45, 7) is 8.37. The first kappa shape index (κ1) is 11.9. The van der Waals surface area contributed by atoms with E-state index in [1.54, 1.807) is 0 Å². The summed E-state index contributed by atoms with van der Waals surface area (Å²) in [4.78, 5) is 2.60. The SMILES string of the molecule is C1CCN(CCCOCC2[C@H]3CNC[C@@H]23)CC1. The molecule has 3 rings (SSSR count). The Morgan fingerprint density at radius 1 is 1.06 bits per heavy atom. The van der Waals surface area contributed by atoms with Crippen molar-refractivity contribution in [3.8, 4) is 0 Å². The Labute approximate surface area is 105 Å². The zero-order chi connectivity index (χ0) is 11.5. The maximum atomic E-state index is 5.83. The zero-order valence-electron chi connectivity index (χ0n) is 10.9. The van der Waals surface area contributed by atoms with Gasteiger partial charge in [-0.25, -0.2) is 0 Å². The van der Waals surface area contributed by atoms with Crippen molar-refractivity contribution in [1.29, 1.82) is 0 Å². The summed E-state index contributed by atoms with van der Waals surface area (Å²) in [6.07, 6.45) is 5.46. The molecule has 3 heteroatoms. The van der Waals surface area contributed by atoms with Crippen LogP contribution in [0, 0.1) is 17.8 Å². The molecular weight excluding hydrogens is 212 g/mol. The monoisotopic (exact) mass is 238 g/mol. The second-order valence-corrected chi connectivity index (χ2v) is 5.98. The third kappa shape index (κ3) is 3.01. The van der Waals surface area contributed by atoms with Crippen LogP contribution in [-0.2, 0) is 4.74 Å². The minimum atomic E-state index is 0.895. The highest BCUT2D eigenvalue weighted by Gasteiger charge is 2.52. The van der Waals surface area contributed by atoms with E-state index in [-0.39, 0.29) is 0 Å². The first-order valence-electron chi connectivity index (χ1n) is 7.46. The second-order valence-electron chi connectivity index (χ2n) is 5.98. The maximum Gasteiger partial charge on any atom is 0.0500 e. The van der Waals surface area contributed by atoms with Gasteiger partial charge in [0.25, 0.3) is 0 Å². The average molecular weight is 238 g/mol. The van der Waals surface area contributed by atoms with Crippen molar-refractivity contribution >= 4 is 0 Å². The number of likely N-dealkylation sites (tertiary alicyclic amines) is 1. The molecule has 98 valence electrons. The molecule has 17 heavy (non-hydrogen) atoms. The Morgan fingerprint density at radius 2 is 1.82 bits per heavy atom. The van der Waals surface area contributed by atoms with Crippen molar-refractivity contribution < 1.29 is 4.74 Å². The standard InChI is InChI=1S/C14H26N2O/c1-2-5-16(6-3-1)7-4-8-17-11-14-12-9-15-10-13(12)14/h12-15H,1-11H2/t12-,13+,14?. The van der Waals surface area contributed by atoms with Gasteiger partial charge < -0.3 is 15.0 Å². The van der Waals surface area contributed by atoms with Crippen molar-refractivity contribution in [2.45, 2.75) is 25.7 Å². The van der Waals surface area contributed by atoms with E-state index >= 15 is 0 Å². The van der Waals surface area contributed by atoms with Gasteiger partial charge in [-0.05, 0) is 63.2 Å². The lowest BCUT2D eigenvalue weighted by Gasteiger charge is -2.26. The maximum absolute atomic E-state index is 5.83. The van der Waals surface area contributed by atoms with E-state index in [9.17, 15) is 0 Å². The van der Waals surface area contributed by atoms with Crippen molar-refractivity contribution in [3.63, 3.8) is 0 Å². The van der Waals surface area contributed by atoms with Crippen LogP contribution in [0.4, 0.5) is 0 Å². The zero-order valence-corrected chi connectivity index (χ0v) is 10.9. The fourth-order valence-electron chi connectivity index (χ4n) is 3.59. The van der Waals surface area contributed by atoms with Crippen molar-refractivity contribution in [2.24, 2.45) is 17.8 Å². The number of nitrogens with one attached hydrogen (secondary N) is 1. The molecule has 2 saturated heterocycles. The van der Waals surface area contributed by atoms with Crippen LogP contribution in [0.3, 0.4) is 0 Å². The molecule has 0 aromatic rings. The molecular formula is C14H26N2O. The molecule has 0 aromatic carbocycles. The van der Waals surface area contributed by atoms with Gasteiger partial charge in [-0.2, -0.15) is 0 Å². The van der Waals surface area contributed by atoms with Gasteiger partial charge in [0.1, 0.15) is 0 Å². The number of hydrogen-bond acceptors (Lipinski definition) is 3. The number of hydrogen-bond donors (Lipinski definition) is 1. The number of rotatable bonds is 6. The second kappa shape index (κ2) is 5.68. The van der Waals surface area contributed by atoms with Crippen molar-refractivity contribution in [3.05, 3.63) is 0 Å². The predicted molar refractivity (Wildman–Crippen MR) is 69.1 cm³/mol. The fourth-order valence-corrected chi connectivity index (χ4v) is 3.59. The van der Waals surface area contributed by atoms with Gasteiger partial charge in [0.2, 0.25) is 0 Å². The van der Waals surface area contributed by atoms with Crippen LogP contribution in [-0.4, -0.2) is 50.8 Å². The lowest BCUT2D eigenvalue weighted by molar-refractivity contribution is 0.102. The minimum absolute atomic E-state index is 0.895. The van der Waals surface area contributed by atoms with E-state index in [4.69, 9.17) is 4.74 Å². The topological polar surface area (TPSA) is 24.5 Å². The third-order valence-corrected chi connectivity index (χ3v) is 4.79. The first-order valence-corrected chi connectivity index (χ1v) is 7.46. The number of nitrogens with zero attached hydrogens (tertiary/aromatic N) is 1. The summed E-state index contributed by atoms with van der Waals surface area (Å²) in [7, 11) is 0. The van der Waals surface area contributed by atoms with Gasteiger partial charge in [-0.3, -0.25) is 0 Å². The van der Waals surface area contributed by atoms with Gasteiger partial charge >= 0.3 is 0 Å². The molecule has 0 bridgehead atoms. The van der Waals surface area contributed by atoms with Crippen LogP contribution in [0.2, 0.25) is 0 Å². The van der Waals surface area contributed by atoms with Crippen LogP contribution < -0.4 is 5.32 Å². The van der Waals surface area contributed by atoms with E-state index in [1.807, 2.05) is 0 Å². The lowest BCUT2D eigenvalue weighted by Crippen LogP contribution is -2.31. The lowest BCUT2D eigenvalue weighted by atomic mass is 10.1. The third-order valence-electron chi connectivity index (χ3n) is 4.79. The normalized spacial score (nSPS) is 37.1. The van der Waals surface area contributed by atoms with Gasteiger partial charge in [-0.1, -0.05) is 6.42 Å². The number of ether oxygens (including phenoxy) is 1. The van der Waals surface area contributed by atoms with Crippen LogP contribution in [0.5, 0.6) is 0 Å². The Bertz CT molecular complexity index is 226. The molecule has 1 saturated carbocycles.